The number of benzene rings is 1. The number of nitrogens with zero attached hydrogens (tertiary/aromatic N) is 2. The van der Waals surface area contributed by atoms with Crippen LogP contribution in [0.4, 0.5) is 5.82 Å². The number of rotatable bonds is 8. The smallest absolute Gasteiger partial charge is 0.263 e. The van der Waals surface area contributed by atoms with Crippen LogP contribution < -0.4 is 4.72 Å². The van der Waals surface area contributed by atoms with Crippen LogP contribution in [-0.2, 0) is 10.0 Å². The van der Waals surface area contributed by atoms with Gasteiger partial charge in [0.15, 0.2) is 5.82 Å². The molecule has 0 bridgehead atoms. The number of amides is 1. The first-order chi connectivity index (χ1) is 11.9. The van der Waals surface area contributed by atoms with Crippen molar-refractivity contribution in [3.63, 3.8) is 0 Å². The van der Waals surface area contributed by atoms with Crippen molar-refractivity contribution in [1.82, 2.24) is 10.1 Å². The maximum absolute atomic E-state index is 12.5. The van der Waals surface area contributed by atoms with E-state index >= 15 is 0 Å². The number of carbonyl (C=O) groups is 1. The van der Waals surface area contributed by atoms with Gasteiger partial charge in [-0.15, -0.1) is 0 Å². The molecular formula is C17H23N3O4S. The number of anilines is 1. The van der Waals surface area contributed by atoms with Crippen LogP contribution in [0.15, 0.2) is 39.8 Å². The average molecular weight is 365 g/mol. The molecule has 0 aliphatic rings. The standard InChI is InChI=1S/C17H23N3O4S/c1-4-10-20(11-5-2)17(21)14-6-8-15(9-7-14)25(22,23)19-16-12-13(3)24-18-16/h6-9,12H,4-5,10-11H2,1-3H3,(H,18,19). The molecule has 0 aliphatic heterocycles. The summed E-state index contributed by atoms with van der Waals surface area (Å²) in [5.41, 5.74) is 0.470. The van der Waals surface area contributed by atoms with Crippen molar-refractivity contribution in [2.24, 2.45) is 0 Å². The topological polar surface area (TPSA) is 92.5 Å². The highest BCUT2D eigenvalue weighted by atomic mass is 32.2. The van der Waals surface area contributed by atoms with E-state index < -0.39 is 10.0 Å². The van der Waals surface area contributed by atoms with Crippen LogP contribution in [0.2, 0.25) is 0 Å². The van der Waals surface area contributed by atoms with Crippen molar-refractivity contribution in [2.45, 2.75) is 38.5 Å². The van der Waals surface area contributed by atoms with Crippen LogP contribution in [0.25, 0.3) is 0 Å². The molecule has 1 amide bonds. The maximum atomic E-state index is 12.5. The van der Waals surface area contributed by atoms with Gasteiger partial charge in [-0.3, -0.25) is 9.52 Å². The lowest BCUT2D eigenvalue weighted by atomic mass is 10.2. The average Bonchev–Trinajstić information content (AvgIpc) is 2.98. The minimum absolute atomic E-state index is 0.0576. The van der Waals surface area contributed by atoms with Gasteiger partial charge in [0, 0.05) is 24.7 Å². The molecule has 2 aromatic rings. The van der Waals surface area contributed by atoms with Gasteiger partial charge in [0.25, 0.3) is 15.9 Å². The molecule has 0 spiro atoms. The van der Waals surface area contributed by atoms with Gasteiger partial charge in [-0.2, -0.15) is 0 Å². The minimum atomic E-state index is -3.78. The molecule has 1 aromatic carbocycles. The lowest BCUT2D eigenvalue weighted by Gasteiger charge is -2.21. The van der Waals surface area contributed by atoms with E-state index in [4.69, 9.17) is 4.52 Å². The maximum Gasteiger partial charge on any atom is 0.263 e. The Balaban J connectivity index is 2.16. The highest BCUT2D eigenvalue weighted by molar-refractivity contribution is 7.92. The van der Waals surface area contributed by atoms with E-state index in [1.807, 2.05) is 13.8 Å². The lowest BCUT2D eigenvalue weighted by molar-refractivity contribution is 0.0755. The van der Waals surface area contributed by atoms with Gasteiger partial charge in [-0.05, 0) is 44.0 Å². The predicted molar refractivity (Wildman–Crippen MR) is 95.0 cm³/mol. The zero-order chi connectivity index (χ0) is 18.4. The summed E-state index contributed by atoms with van der Waals surface area (Å²) < 4.78 is 31.9. The van der Waals surface area contributed by atoms with Gasteiger partial charge in [0.1, 0.15) is 5.76 Å². The van der Waals surface area contributed by atoms with Crippen molar-refractivity contribution in [3.8, 4) is 0 Å². The fraction of sp³-hybridized carbons (Fsp3) is 0.412. The van der Waals surface area contributed by atoms with Gasteiger partial charge < -0.3 is 9.42 Å². The molecule has 7 nitrogen and oxygen atoms in total. The quantitative estimate of drug-likeness (QED) is 0.776. The van der Waals surface area contributed by atoms with Crippen molar-refractivity contribution >= 4 is 21.7 Å². The molecular weight excluding hydrogens is 342 g/mol. The Morgan fingerprint density at radius 1 is 1.16 bits per heavy atom. The molecule has 0 radical (unpaired) electrons. The van der Waals surface area contributed by atoms with E-state index in [1.54, 1.807) is 11.8 Å². The zero-order valence-corrected chi connectivity index (χ0v) is 15.5. The molecule has 25 heavy (non-hydrogen) atoms. The van der Waals surface area contributed by atoms with Crippen LogP contribution in [0.3, 0.4) is 0 Å². The van der Waals surface area contributed by atoms with E-state index in [1.165, 1.54) is 30.3 Å². The van der Waals surface area contributed by atoms with Crippen LogP contribution in [0.1, 0.15) is 42.8 Å². The molecule has 1 aromatic heterocycles. The zero-order valence-electron chi connectivity index (χ0n) is 14.7. The largest absolute Gasteiger partial charge is 0.360 e. The summed E-state index contributed by atoms with van der Waals surface area (Å²) in [6, 6.07) is 7.38. The second-order valence-electron chi connectivity index (χ2n) is 5.74. The monoisotopic (exact) mass is 365 g/mol. The predicted octanol–water partition coefficient (Wildman–Crippen LogP) is 3.05. The van der Waals surface area contributed by atoms with Gasteiger partial charge in [-0.1, -0.05) is 19.0 Å². The number of hydrogen-bond donors (Lipinski definition) is 1. The van der Waals surface area contributed by atoms with Gasteiger partial charge >= 0.3 is 0 Å². The first-order valence-corrected chi connectivity index (χ1v) is 9.71. The lowest BCUT2D eigenvalue weighted by Crippen LogP contribution is -2.32. The Bertz CT molecular complexity index is 807. The van der Waals surface area contributed by atoms with Crippen molar-refractivity contribution in [3.05, 3.63) is 41.7 Å². The first kappa shape index (κ1) is 19.0. The third-order valence-electron chi connectivity index (χ3n) is 3.55. The van der Waals surface area contributed by atoms with E-state index in [9.17, 15) is 13.2 Å². The highest BCUT2D eigenvalue weighted by Gasteiger charge is 2.18. The SMILES string of the molecule is CCCN(CCC)C(=O)c1ccc(S(=O)(=O)Nc2cc(C)on2)cc1. The molecule has 0 fully saturated rings. The molecule has 0 atom stereocenters. The summed E-state index contributed by atoms with van der Waals surface area (Å²) >= 11 is 0. The molecule has 8 heteroatoms. The number of aryl methyl sites for hydroxylation is 1. The number of nitrogens with one attached hydrogen (secondary N) is 1. The van der Waals surface area contributed by atoms with E-state index in [0.29, 0.717) is 24.4 Å². The number of aromatic nitrogens is 1. The summed E-state index contributed by atoms with van der Waals surface area (Å²) in [6.45, 7) is 7.06. The third-order valence-corrected chi connectivity index (χ3v) is 4.92. The normalized spacial score (nSPS) is 11.3. The van der Waals surface area contributed by atoms with Crippen LogP contribution in [-0.4, -0.2) is 37.5 Å². The number of hydrogen-bond acceptors (Lipinski definition) is 5. The molecule has 1 heterocycles. The highest BCUT2D eigenvalue weighted by Crippen LogP contribution is 2.17. The second-order valence-corrected chi connectivity index (χ2v) is 7.43. The molecule has 136 valence electrons. The summed E-state index contributed by atoms with van der Waals surface area (Å²) in [6.07, 6.45) is 1.75. The number of carbonyl (C=O) groups excluding carboxylic acids is 1. The summed E-state index contributed by atoms with van der Waals surface area (Å²) in [5.74, 6) is 0.535. The summed E-state index contributed by atoms with van der Waals surface area (Å²) in [7, 11) is -3.78. The van der Waals surface area contributed by atoms with Gasteiger partial charge in [-0.25, -0.2) is 8.42 Å². The Morgan fingerprint density at radius 2 is 1.76 bits per heavy atom. The van der Waals surface area contributed by atoms with E-state index in [2.05, 4.69) is 9.88 Å². The molecule has 0 aliphatic carbocycles. The summed E-state index contributed by atoms with van der Waals surface area (Å²) in [4.78, 5) is 14.4. The Labute approximate surface area is 148 Å². The Kier molecular flexibility index (Phi) is 6.19. The first-order valence-electron chi connectivity index (χ1n) is 8.23. The van der Waals surface area contributed by atoms with E-state index in [0.717, 1.165) is 12.8 Å². The van der Waals surface area contributed by atoms with Gasteiger partial charge in [0.05, 0.1) is 4.90 Å². The van der Waals surface area contributed by atoms with Crippen molar-refractivity contribution in [2.75, 3.05) is 17.8 Å². The van der Waals surface area contributed by atoms with Crippen LogP contribution in [0.5, 0.6) is 0 Å². The molecule has 0 saturated carbocycles. The van der Waals surface area contributed by atoms with Crippen LogP contribution >= 0.6 is 0 Å². The van der Waals surface area contributed by atoms with Crippen molar-refractivity contribution < 1.29 is 17.7 Å². The van der Waals surface area contributed by atoms with Crippen molar-refractivity contribution in [1.29, 1.82) is 0 Å². The fourth-order valence-electron chi connectivity index (χ4n) is 2.43. The Morgan fingerprint density at radius 3 is 2.24 bits per heavy atom. The molecule has 0 saturated heterocycles. The minimum Gasteiger partial charge on any atom is -0.360 e. The third kappa shape index (κ3) is 4.82. The van der Waals surface area contributed by atoms with Gasteiger partial charge in [0.2, 0.25) is 0 Å². The van der Waals surface area contributed by atoms with Crippen LogP contribution in [0, 0.1) is 6.92 Å². The molecule has 0 unspecified atom stereocenters. The second kappa shape index (κ2) is 8.15. The van der Waals surface area contributed by atoms with E-state index in [-0.39, 0.29) is 16.6 Å². The summed E-state index contributed by atoms with van der Waals surface area (Å²) in [5, 5.41) is 3.61. The number of sulfonamides is 1. The molecule has 1 N–H and O–H groups in total. The fourth-order valence-corrected chi connectivity index (χ4v) is 3.41. The molecule has 2 rings (SSSR count). The Hall–Kier alpha value is -2.35.